The standard InChI is InChI=1S/C13H26N2O4S/c1-13(2,16)11-14-5-7-15(8-6-14)20(17,18)10-12-4-3-9-19-12/h12,16H,3-11H2,1-2H3. The Labute approximate surface area is 121 Å². The number of sulfonamides is 1. The van der Waals surface area contributed by atoms with E-state index in [1.807, 2.05) is 0 Å². The Bertz CT molecular complexity index is 405. The zero-order chi connectivity index (χ0) is 14.8. The summed E-state index contributed by atoms with van der Waals surface area (Å²) in [5, 5.41) is 9.80. The molecule has 0 saturated carbocycles. The first-order valence-electron chi connectivity index (χ1n) is 7.30. The molecule has 0 radical (unpaired) electrons. The normalized spacial score (nSPS) is 27.1. The fraction of sp³-hybridized carbons (Fsp3) is 1.00. The molecule has 0 aromatic heterocycles. The van der Waals surface area contributed by atoms with Gasteiger partial charge in [0.15, 0.2) is 0 Å². The van der Waals surface area contributed by atoms with Crippen LogP contribution in [0.5, 0.6) is 0 Å². The second-order valence-electron chi connectivity index (χ2n) is 6.40. The lowest BCUT2D eigenvalue weighted by molar-refractivity contribution is 0.0262. The summed E-state index contributed by atoms with van der Waals surface area (Å²) in [5.41, 5.74) is -0.737. The molecule has 118 valence electrons. The van der Waals surface area contributed by atoms with Gasteiger partial charge >= 0.3 is 0 Å². The largest absolute Gasteiger partial charge is 0.389 e. The van der Waals surface area contributed by atoms with Crippen LogP contribution in [0.25, 0.3) is 0 Å². The summed E-state index contributed by atoms with van der Waals surface area (Å²) in [6, 6.07) is 0. The molecule has 2 saturated heterocycles. The lowest BCUT2D eigenvalue weighted by Crippen LogP contribution is -2.52. The number of hydrogen-bond donors (Lipinski definition) is 1. The highest BCUT2D eigenvalue weighted by atomic mass is 32.2. The monoisotopic (exact) mass is 306 g/mol. The van der Waals surface area contributed by atoms with Crippen LogP contribution in [-0.2, 0) is 14.8 Å². The molecule has 20 heavy (non-hydrogen) atoms. The smallest absolute Gasteiger partial charge is 0.216 e. The van der Waals surface area contributed by atoms with E-state index in [0.717, 1.165) is 12.8 Å². The first kappa shape index (κ1) is 16.2. The van der Waals surface area contributed by atoms with Crippen molar-refractivity contribution in [1.29, 1.82) is 0 Å². The summed E-state index contributed by atoms with van der Waals surface area (Å²) in [6.07, 6.45) is 1.67. The van der Waals surface area contributed by atoms with Crippen molar-refractivity contribution in [1.82, 2.24) is 9.21 Å². The molecule has 0 aromatic rings. The summed E-state index contributed by atoms with van der Waals surface area (Å²) >= 11 is 0. The van der Waals surface area contributed by atoms with Crippen LogP contribution in [0.15, 0.2) is 0 Å². The maximum Gasteiger partial charge on any atom is 0.216 e. The van der Waals surface area contributed by atoms with Crippen LogP contribution < -0.4 is 0 Å². The Kier molecular flexibility index (Phi) is 5.07. The molecule has 2 heterocycles. The van der Waals surface area contributed by atoms with Gasteiger partial charge in [-0.1, -0.05) is 0 Å². The molecule has 0 spiro atoms. The van der Waals surface area contributed by atoms with E-state index in [-0.39, 0.29) is 11.9 Å². The van der Waals surface area contributed by atoms with Crippen LogP contribution in [0.3, 0.4) is 0 Å². The van der Waals surface area contributed by atoms with Crippen molar-refractivity contribution in [3.05, 3.63) is 0 Å². The van der Waals surface area contributed by atoms with Gasteiger partial charge in [0.2, 0.25) is 10.0 Å². The van der Waals surface area contributed by atoms with Gasteiger partial charge in [0.05, 0.1) is 17.5 Å². The van der Waals surface area contributed by atoms with Crippen LogP contribution in [0, 0.1) is 0 Å². The molecule has 2 fully saturated rings. The molecule has 7 heteroatoms. The number of aliphatic hydroxyl groups is 1. The average Bonchev–Trinajstić information content (AvgIpc) is 2.79. The number of ether oxygens (including phenoxy) is 1. The second-order valence-corrected chi connectivity index (χ2v) is 8.41. The first-order chi connectivity index (χ1) is 9.26. The van der Waals surface area contributed by atoms with E-state index in [1.165, 1.54) is 0 Å². The number of hydrogen-bond acceptors (Lipinski definition) is 5. The zero-order valence-electron chi connectivity index (χ0n) is 12.4. The highest BCUT2D eigenvalue weighted by Crippen LogP contribution is 2.17. The molecule has 2 rings (SSSR count). The minimum atomic E-state index is -3.21. The molecule has 0 amide bonds. The minimum absolute atomic E-state index is 0.110. The number of piperazine rings is 1. The molecule has 1 N–H and O–H groups in total. The van der Waals surface area contributed by atoms with Crippen molar-refractivity contribution in [2.75, 3.05) is 45.1 Å². The predicted octanol–water partition coefficient (Wildman–Crippen LogP) is -0.116. The van der Waals surface area contributed by atoms with Crippen molar-refractivity contribution < 1.29 is 18.3 Å². The molecule has 1 atom stereocenters. The van der Waals surface area contributed by atoms with Gasteiger partial charge in [-0.15, -0.1) is 0 Å². The van der Waals surface area contributed by atoms with Crippen molar-refractivity contribution in [3.8, 4) is 0 Å². The van der Waals surface area contributed by atoms with E-state index < -0.39 is 15.6 Å². The fourth-order valence-corrected chi connectivity index (χ4v) is 4.49. The lowest BCUT2D eigenvalue weighted by atomic mass is 10.1. The third-order valence-electron chi connectivity index (χ3n) is 3.76. The molecule has 1 unspecified atom stereocenters. The molecular weight excluding hydrogens is 280 g/mol. The molecule has 2 aliphatic heterocycles. The quantitative estimate of drug-likeness (QED) is 0.767. The van der Waals surface area contributed by atoms with Gasteiger partial charge in [0.25, 0.3) is 0 Å². The van der Waals surface area contributed by atoms with Gasteiger partial charge in [-0.2, -0.15) is 4.31 Å². The Morgan fingerprint density at radius 3 is 2.40 bits per heavy atom. The third kappa shape index (κ3) is 4.66. The Morgan fingerprint density at radius 1 is 1.25 bits per heavy atom. The highest BCUT2D eigenvalue weighted by molar-refractivity contribution is 7.89. The van der Waals surface area contributed by atoms with Crippen LogP contribution in [0.4, 0.5) is 0 Å². The summed E-state index contributed by atoms with van der Waals surface area (Å²) in [5.74, 6) is 0.110. The van der Waals surface area contributed by atoms with Crippen LogP contribution >= 0.6 is 0 Å². The molecule has 0 bridgehead atoms. The van der Waals surface area contributed by atoms with Crippen LogP contribution in [0.2, 0.25) is 0 Å². The van der Waals surface area contributed by atoms with Gasteiger partial charge in [-0.3, -0.25) is 4.90 Å². The van der Waals surface area contributed by atoms with Gasteiger partial charge in [-0.05, 0) is 26.7 Å². The van der Waals surface area contributed by atoms with Crippen molar-refractivity contribution in [2.45, 2.75) is 38.4 Å². The van der Waals surface area contributed by atoms with Crippen molar-refractivity contribution in [2.24, 2.45) is 0 Å². The number of β-amino-alcohol motifs (C(OH)–C–C–N with tert-alkyl or cyclic N) is 1. The summed E-state index contributed by atoms with van der Waals surface area (Å²) in [4.78, 5) is 2.11. The zero-order valence-corrected chi connectivity index (χ0v) is 13.2. The van der Waals surface area contributed by atoms with E-state index in [1.54, 1.807) is 18.2 Å². The van der Waals surface area contributed by atoms with Crippen LogP contribution in [-0.4, -0.2) is 79.5 Å². The van der Waals surface area contributed by atoms with Gasteiger partial charge in [0, 0.05) is 39.3 Å². The first-order valence-corrected chi connectivity index (χ1v) is 8.91. The summed E-state index contributed by atoms with van der Waals surface area (Å²) < 4.78 is 31.6. The Hall–Kier alpha value is -0.210. The van der Waals surface area contributed by atoms with E-state index >= 15 is 0 Å². The molecule has 0 aliphatic carbocycles. The SMILES string of the molecule is CC(C)(O)CN1CCN(S(=O)(=O)CC2CCCO2)CC1. The average molecular weight is 306 g/mol. The van der Waals surface area contributed by atoms with E-state index in [4.69, 9.17) is 4.74 Å². The minimum Gasteiger partial charge on any atom is -0.389 e. The van der Waals surface area contributed by atoms with Crippen molar-refractivity contribution in [3.63, 3.8) is 0 Å². The Balaban J connectivity index is 1.83. The van der Waals surface area contributed by atoms with Crippen molar-refractivity contribution >= 4 is 10.0 Å². The maximum atomic E-state index is 12.3. The maximum absolute atomic E-state index is 12.3. The third-order valence-corrected chi connectivity index (χ3v) is 5.70. The van der Waals surface area contributed by atoms with Gasteiger partial charge < -0.3 is 9.84 Å². The number of rotatable bonds is 5. The number of nitrogens with zero attached hydrogens (tertiary/aromatic N) is 2. The highest BCUT2D eigenvalue weighted by Gasteiger charge is 2.32. The molecule has 0 aromatic carbocycles. The van der Waals surface area contributed by atoms with Crippen LogP contribution in [0.1, 0.15) is 26.7 Å². The lowest BCUT2D eigenvalue weighted by Gasteiger charge is -2.36. The fourth-order valence-electron chi connectivity index (χ4n) is 2.83. The van der Waals surface area contributed by atoms with E-state index in [2.05, 4.69) is 4.90 Å². The van der Waals surface area contributed by atoms with Gasteiger partial charge in [0.1, 0.15) is 0 Å². The second kappa shape index (κ2) is 6.27. The Morgan fingerprint density at radius 2 is 1.90 bits per heavy atom. The predicted molar refractivity (Wildman–Crippen MR) is 77.1 cm³/mol. The topological polar surface area (TPSA) is 70.1 Å². The van der Waals surface area contributed by atoms with E-state index in [9.17, 15) is 13.5 Å². The summed E-state index contributed by atoms with van der Waals surface area (Å²) in [7, 11) is -3.21. The van der Waals surface area contributed by atoms with Gasteiger partial charge in [-0.25, -0.2) is 8.42 Å². The summed E-state index contributed by atoms with van der Waals surface area (Å²) in [6.45, 7) is 7.16. The molecular formula is C13H26N2O4S. The molecule has 6 nitrogen and oxygen atoms in total. The van der Waals surface area contributed by atoms with E-state index in [0.29, 0.717) is 39.3 Å². The molecule has 2 aliphatic rings.